The van der Waals surface area contributed by atoms with Gasteiger partial charge >= 0.3 is 5.97 Å². The Bertz CT molecular complexity index is 497. The summed E-state index contributed by atoms with van der Waals surface area (Å²) in [4.78, 5) is 22.9. The summed E-state index contributed by atoms with van der Waals surface area (Å²) < 4.78 is 13.0. The molecule has 2 rings (SSSR count). The lowest BCUT2D eigenvalue weighted by Crippen LogP contribution is -2.44. The molecule has 0 heterocycles. The summed E-state index contributed by atoms with van der Waals surface area (Å²) in [6.07, 6.45) is 0.897. The van der Waals surface area contributed by atoms with Gasteiger partial charge in [-0.1, -0.05) is 12.1 Å². The van der Waals surface area contributed by atoms with E-state index < -0.39 is 23.2 Å². The second-order valence-electron chi connectivity index (χ2n) is 4.65. The van der Waals surface area contributed by atoms with E-state index in [2.05, 4.69) is 5.32 Å². The predicted molar refractivity (Wildman–Crippen MR) is 62.6 cm³/mol. The molecule has 5 heteroatoms. The van der Waals surface area contributed by atoms with Crippen LogP contribution in [0.1, 0.15) is 31.2 Å². The van der Waals surface area contributed by atoms with Crippen LogP contribution in [0.5, 0.6) is 0 Å². The highest BCUT2D eigenvalue weighted by atomic mass is 19.1. The topological polar surface area (TPSA) is 66.4 Å². The van der Waals surface area contributed by atoms with Gasteiger partial charge in [-0.15, -0.1) is 0 Å². The number of carboxylic acid groups (broad SMARTS) is 1. The van der Waals surface area contributed by atoms with Gasteiger partial charge in [-0.3, -0.25) is 4.79 Å². The number of hydrogen-bond acceptors (Lipinski definition) is 2. The number of carbonyl (C=O) groups excluding carboxylic acids is 1. The second kappa shape index (κ2) is 4.40. The maximum Gasteiger partial charge on any atom is 0.329 e. The molecule has 1 aliphatic carbocycles. The van der Waals surface area contributed by atoms with Crippen LogP contribution in [0.3, 0.4) is 0 Å². The Morgan fingerprint density at radius 2 is 2.11 bits per heavy atom. The summed E-state index contributed by atoms with van der Waals surface area (Å²) in [5.74, 6) is -2.38. The summed E-state index contributed by atoms with van der Waals surface area (Å²) in [5, 5.41) is 11.5. The molecule has 0 aliphatic heterocycles. The van der Waals surface area contributed by atoms with Gasteiger partial charge in [-0.2, -0.15) is 0 Å². The van der Waals surface area contributed by atoms with Crippen molar-refractivity contribution >= 4 is 11.9 Å². The minimum absolute atomic E-state index is 0.388. The first-order valence-electron chi connectivity index (χ1n) is 5.75. The molecule has 1 fully saturated rings. The number of halogens is 1. The molecule has 2 N–H and O–H groups in total. The van der Waals surface area contributed by atoms with E-state index >= 15 is 0 Å². The smallest absolute Gasteiger partial charge is 0.329 e. The van der Waals surface area contributed by atoms with Crippen molar-refractivity contribution in [3.63, 3.8) is 0 Å². The van der Waals surface area contributed by atoms with Crippen molar-refractivity contribution in [1.29, 1.82) is 0 Å². The van der Waals surface area contributed by atoms with Gasteiger partial charge in [-0.05, 0) is 37.5 Å². The molecule has 1 aromatic carbocycles. The van der Waals surface area contributed by atoms with Gasteiger partial charge in [0.15, 0.2) is 0 Å². The molecule has 1 saturated carbocycles. The number of carboxylic acids is 1. The molecule has 0 saturated heterocycles. The SMILES string of the molecule is CC(C(=O)NC1(C(=O)O)CC1)c1cccc(F)c1. The minimum atomic E-state index is -1.10. The molecule has 1 aromatic rings. The van der Waals surface area contributed by atoms with Gasteiger partial charge in [-0.25, -0.2) is 9.18 Å². The standard InChI is InChI=1S/C13H14FNO3/c1-8(9-3-2-4-10(14)7-9)11(16)15-13(5-6-13)12(17)18/h2-4,7-8H,5-6H2,1H3,(H,15,16)(H,17,18). The summed E-state index contributed by atoms with van der Waals surface area (Å²) in [6, 6.07) is 5.75. The zero-order chi connectivity index (χ0) is 13.3. The Balaban J connectivity index is 2.08. The zero-order valence-electron chi connectivity index (χ0n) is 9.94. The molecule has 1 unspecified atom stereocenters. The molecule has 1 amide bonds. The second-order valence-corrected chi connectivity index (χ2v) is 4.65. The average molecular weight is 251 g/mol. The third kappa shape index (κ3) is 2.34. The van der Waals surface area contributed by atoms with E-state index in [0.717, 1.165) is 0 Å². The fourth-order valence-electron chi connectivity index (χ4n) is 1.79. The number of nitrogens with one attached hydrogen (secondary N) is 1. The van der Waals surface area contributed by atoms with E-state index in [1.165, 1.54) is 18.2 Å². The lowest BCUT2D eigenvalue weighted by molar-refractivity contribution is -0.143. The highest BCUT2D eigenvalue weighted by molar-refractivity contribution is 5.92. The van der Waals surface area contributed by atoms with Crippen LogP contribution in [-0.4, -0.2) is 22.5 Å². The fraction of sp³-hybridized carbons (Fsp3) is 0.385. The monoisotopic (exact) mass is 251 g/mol. The molecule has 4 nitrogen and oxygen atoms in total. The van der Waals surface area contributed by atoms with Crippen molar-refractivity contribution in [1.82, 2.24) is 5.32 Å². The third-order valence-corrected chi connectivity index (χ3v) is 3.26. The molecule has 0 spiro atoms. The molecular weight excluding hydrogens is 237 g/mol. The molecule has 1 atom stereocenters. The largest absolute Gasteiger partial charge is 0.480 e. The summed E-state index contributed by atoms with van der Waals surface area (Å²) in [5.41, 5.74) is -0.563. The van der Waals surface area contributed by atoms with Gasteiger partial charge in [0.05, 0.1) is 5.92 Å². The van der Waals surface area contributed by atoms with Crippen molar-refractivity contribution < 1.29 is 19.1 Å². The van der Waals surface area contributed by atoms with Crippen LogP contribution in [-0.2, 0) is 9.59 Å². The van der Waals surface area contributed by atoms with Gasteiger partial charge in [0.2, 0.25) is 5.91 Å². The number of aliphatic carboxylic acids is 1. The molecule has 0 bridgehead atoms. The first-order chi connectivity index (χ1) is 8.44. The molecule has 0 radical (unpaired) electrons. The lowest BCUT2D eigenvalue weighted by Gasteiger charge is -2.17. The number of carbonyl (C=O) groups is 2. The predicted octanol–water partition coefficient (Wildman–Crippen LogP) is 1.66. The van der Waals surface area contributed by atoms with E-state index in [1.807, 2.05) is 0 Å². The van der Waals surface area contributed by atoms with Crippen molar-refractivity contribution in [2.24, 2.45) is 0 Å². The Morgan fingerprint density at radius 1 is 1.44 bits per heavy atom. The van der Waals surface area contributed by atoms with Crippen LogP contribution >= 0.6 is 0 Å². The van der Waals surface area contributed by atoms with E-state index in [9.17, 15) is 14.0 Å². The van der Waals surface area contributed by atoms with E-state index in [4.69, 9.17) is 5.11 Å². The van der Waals surface area contributed by atoms with Gasteiger partial charge in [0.25, 0.3) is 0 Å². The number of benzene rings is 1. The maximum absolute atomic E-state index is 13.0. The Morgan fingerprint density at radius 3 is 2.61 bits per heavy atom. The van der Waals surface area contributed by atoms with Crippen molar-refractivity contribution in [3.05, 3.63) is 35.6 Å². The third-order valence-electron chi connectivity index (χ3n) is 3.26. The number of amides is 1. The molecular formula is C13H14FNO3. The van der Waals surface area contributed by atoms with Crippen LogP contribution in [0.2, 0.25) is 0 Å². The first-order valence-corrected chi connectivity index (χ1v) is 5.75. The fourth-order valence-corrected chi connectivity index (χ4v) is 1.79. The maximum atomic E-state index is 13.0. The summed E-state index contributed by atoms with van der Waals surface area (Å²) in [6.45, 7) is 1.63. The first kappa shape index (κ1) is 12.5. The quantitative estimate of drug-likeness (QED) is 0.855. The van der Waals surface area contributed by atoms with Crippen molar-refractivity contribution in [2.45, 2.75) is 31.2 Å². The van der Waals surface area contributed by atoms with E-state index in [0.29, 0.717) is 18.4 Å². The van der Waals surface area contributed by atoms with Crippen LogP contribution in [0, 0.1) is 5.82 Å². The Kier molecular flexibility index (Phi) is 3.07. The van der Waals surface area contributed by atoms with Crippen molar-refractivity contribution in [3.8, 4) is 0 Å². The molecule has 18 heavy (non-hydrogen) atoms. The van der Waals surface area contributed by atoms with E-state index in [1.54, 1.807) is 13.0 Å². The van der Waals surface area contributed by atoms with Gasteiger partial charge in [0.1, 0.15) is 11.4 Å². The van der Waals surface area contributed by atoms with Crippen LogP contribution in [0.25, 0.3) is 0 Å². The highest BCUT2D eigenvalue weighted by Gasteiger charge is 2.52. The Labute approximate surface area is 104 Å². The summed E-state index contributed by atoms with van der Waals surface area (Å²) >= 11 is 0. The lowest BCUT2D eigenvalue weighted by atomic mass is 9.99. The zero-order valence-corrected chi connectivity index (χ0v) is 9.94. The molecule has 1 aliphatic rings. The molecule has 0 aromatic heterocycles. The Hall–Kier alpha value is -1.91. The highest BCUT2D eigenvalue weighted by Crippen LogP contribution is 2.36. The minimum Gasteiger partial charge on any atom is -0.480 e. The number of rotatable bonds is 4. The normalized spacial score (nSPS) is 17.9. The van der Waals surface area contributed by atoms with Crippen LogP contribution in [0.4, 0.5) is 4.39 Å². The van der Waals surface area contributed by atoms with Gasteiger partial charge in [0, 0.05) is 0 Å². The van der Waals surface area contributed by atoms with Crippen LogP contribution in [0.15, 0.2) is 24.3 Å². The van der Waals surface area contributed by atoms with Crippen molar-refractivity contribution in [2.75, 3.05) is 0 Å². The van der Waals surface area contributed by atoms with Gasteiger partial charge < -0.3 is 10.4 Å². The van der Waals surface area contributed by atoms with E-state index in [-0.39, 0.29) is 5.91 Å². The molecule has 96 valence electrons. The average Bonchev–Trinajstić information content (AvgIpc) is 3.09. The van der Waals surface area contributed by atoms with Crippen LogP contribution < -0.4 is 5.32 Å². The number of hydrogen-bond donors (Lipinski definition) is 2. The summed E-state index contributed by atoms with van der Waals surface area (Å²) in [7, 11) is 0.